The summed E-state index contributed by atoms with van der Waals surface area (Å²) in [5.41, 5.74) is 2.62. The first-order valence-corrected chi connectivity index (χ1v) is 13.3. The zero-order valence-electron chi connectivity index (χ0n) is 19.8. The second kappa shape index (κ2) is 10.9. The van der Waals surface area contributed by atoms with Gasteiger partial charge in [0.05, 0.1) is 30.4 Å². The van der Waals surface area contributed by atoms with Crippen molar-refractivity contribution in [3.05, 3.63) is 101 Å². The van der Waals surface area contributed by atoms with Crippen molar-refractivity contribution in [2.75, 3.05) is 16.0 Å². The monoisotopic (exact) mass is 524 g/mol. The average molecular weight is 525 g/mol. The molecule has 0 radical (unpaired) electrons. The number of anilines is 2. The van der Waals surface area contributed by atoms with Crippen LogP contribution in [0.2, 0.25) is 5.02 Å². The summed E-state index contributed by atoms with van der Waals surface area (Å²) >= 11 is 6.20. The Hall–Kier alpha value is -3.69. The molecule has 0 atom stereocenters. The van der Waals surface area contributed by atoms with Crippen LogP contribution in [0.4, 0.5) is 11.4 Å². The normalized spacial score (nSPS) is 11.3. The molecule has 4 rings (SSSR count). The number of amides is 1. The third-order valence-electron chi connectivity index (χ3n) is 5.54. The quantitative estimate of drug-likeness (QED) is 0.297. The van der Waals surface area contributed by atoms with Crippen LogP contribution in [0.3, 0.4) is 0 Å². The van der Waals surface area contributed by atoms with Crippen molar-refractivity contribution in [1.29, 1.82) is 0 Å². The molecule has 0 aliphatic carbocycles. The van der Waals surface area contributed by atoms with Crippen molar-refractivity contribution in [3.8, 4) is 0 Å². The number of carbonyl (C=O) groups excluding carboxylic acids is 1. The Morgan fingerprint density at radius 2 is 1.89 bits per heavy atom. The summed E-state index contributed by atoms with van der Waals surface area (Å²) in [4.78, 5) is 23.7. The van der Waals surface area contributed by atoms with Crippen LogP contribution in [0, 0.1) is 6.92 Å². The van der Waals surface area contributed by atoms with Gasteiger partial charge in [0.25, 0.3) is 5.91 Å². The zero-order valence-corrected chi connectivity index (χ0v) is 21.4. The molecule has 1 amide bonds. The fourth-order valence-electron chi connectivity index (χ4n) is 3.60. The van der Waals surface area contributed by atoms with Crippen LogP contribution in [-0.4, -0.2) is 30.0 Å². The highest BCUT2D eigenvalue weighted by molar-refractivity contribution is 7.91. The van der Waals surface area contributed by atoms with E-state index < -0.39 is 20.9 Å². The number of para-hydroxylation sites is 1. The lowest BCUT2D eigenvalue weighted by atomic mass is 10.1. The topological polar surface area (TPSA) is 105 Å². The Morgan fingerprint density at radius 3 is 2.58 bits per heavy atom. The van der Waals surface area contributed by atoms with Crippen LogP contribution < -0.4 is 10.2 Å². The standard InChI is InChI=1S/C26H25ClN4O4S/c1-3-36(33,34)26-28-15-23(24(30-26)25(32)29-22-12-5-4-8-18(22)2)31(17-21-11-7-13-35-21)16-19-9-6-10-20(27)14-19/h4-15H,3,16-17H2,1-2H3,(H,29,32). The Balaban J connectivity index is 1.81. The minimum Gasteiger partial charge on any atom is -0.467 e. The fraction of sp³-hybridized carbons (Fsp3) is 0.192. The van der Waals surface area contributed by atoms with Gasteiger partial charge in [-0.2, -0.15) is 0 Å². The summed E-state index contributed by atoms with van der Waals surface area (Å²) in [7, 11) is -3.75. The molecule has 0 fully saturated rings. The summed E-state index contributed by atoms with van der Waals surface area (Å²) in [5, 5.41) is 3.03. The number of halogens is 1. The maximum Gasteiger partial charge on any atom is 0.276 e. The smallest absolute Gasteiger partial charge is 0.276 e. The van der Waals surface area contributed by atoms with E-state index in [1.165, 1.54) is 13.1 Å². The largest absolute Gasteiger partial charge is 0.467 e. The lowest BCUT2D eigenvalue weighted by Gasteiger charge is -2.25. The fourth-order valence-corrected chi connectivity index (χ4v) is 4.52. The molecule has 0 saturated heterocycles. The molecule has 2 aromatic carbocycles. The van der Waals surface area contributed by atoms with Gasteiger partial charge in [-0.15, -0.1) is 0 Å². The molecular weight excluding hydrogens is 500 g/mol. The van der Waals surface area contributed by atoms with Gasteiger partial charge in [0.2, 0.25) is 15.0 Å². The minimum absolute atomic E-state index is 0.0612. The predicted molar refractivity (Wildman–Crippen MR) is 139 cm³/mol. The number of nitrogens with one attached hydrogen (secondary N) is 1. The van der Waals surface area contributed by atoms with Gasteiger partial charge in [-0.3, -0.25) is 4.79 Å². The van der Waals surface area contributed by atoms with Crippen molar-refractivity contribution in [2.24, 2.45) is 0 Å². The van der Waals surface area contributed by atoms with E-state index in [4.69, 9.17) is 16.0 Å². The number of hydrogen-bond donors (Lipinski definition) is 1. The summed E-state index contributed by atoms with van der Waals surface area (Å²) in [5.74, 6) is -0.0959. The number of benzene rings is 2. The lowest BCUT2D eigenvalue weighted by molar-refractivity contribution is 0.102. The molecule has 186 valence electrons. The number of aryl methyl sites for hydroxylation is 1. The number of aromatic nitrogens is 2. The number of hydrogen-bond acceptors (Lipinski definition) is 7. The average Bonchev–Trinajstić information content (AvgIpc) is 3.38. The van der Waals surface area contributed by atoms with Gasteiger partial charge in [0.15, 0.2) is 5.69 Å². The molecule has 10 heteroatoms. The van der Waals surface area contributed by atoms with E-state index in [0.717, 1.165) is 11.1 Å². The van der Waals surface area contributed by atoms with Gasteiger partial charge in [-0.05, 0) is 48.4 Å². The first-order valence-electron chi connectivity index (χ1n) is 11.3. The van der Waals surface area contributed by atoms with E-state index in [9.17, 15) is 13.2 Å². The van der Waals surface area contributed by atoms with Gasteiger partial charge in [0, 0.05) is 17.3 Å². The molecule has 4 aromatic rings. The number of furan rings is 1. The number of carbonyl (C=O) groups is 1. The predicted octanol–water partition coefficient (Wildman–Crippen LogP) is 5.28. The first kappa shape index (κ1) is 25.4. The number of nitrogens with zero attached hydrogens (tertiary/aromatic N) is 3. The summed E-state index contributed by atoms with van der Waals surface area (Å²) in [6.45, 7) is 4.00. The van der Waals surface area contributed by atoms with Crippen molar-refractivity contribution >= 4 is 38.7 Å². The SMILES string of the molecule is CCS(=O)(=O)c1ncc(N(Cc2cccc(Cl)c2)Cc2ccco2)c(C(=O)Nc2ccccc2C)n1. The molecule has 2 aromatic heterocycles. The maximum atomic E-state index is 13.5. The van der Waals surface area contributed by atoms with E-state index in [-0.39, 0.29) is 18.0 Å². The molecule has 0 unspecified atom stereocenters. The zero-order chi connectivity index (χ0) is 25.7. The Bertz CT molecular complexity index is 1470. The second-order valence-electron chi connectivity index (χ2n) is 8.12. The number of sulfone groups is 1. The number of rotatable bonds is 9. The molecule has 0 saturated carbocycles. The van der Waals surface area contributed by atoms with Crippen LogP contribution in [0.25, 0.3) is 0 Å². The summed E-state index contributed by atoms with van der Waals surface area (Å²) in [6.07, 6.45) is 2.93. The molecule has 0 aliphatic heterocycles. The highest BCUT2D eigenvalue weighted by Gasteiger charge is 2.25. The van der Waals surface area contributed by atoms with Gasteiger partial charge < -0.3 is 14.6 Å². The van der Waals surface area contributed by atoms with Crippen LogP contribution >= 0.6 is 11.6 Å². The second-order valence-corrected chi connectivity index (χ2v) is 10.7. The third-order valence-corrected chi connectivity index (χ3v) is 7.29. The van der Waals surface area contributed by atoms with Crippen LogP contribution in [0.15, 0.2) is 82.7 Å². The maximum absolute atomic E-state index is 13.5. The van der Waals surface area contributed by atoms with Crippen LogP contribution in [0.5, 0.6) is 0 Å². The van der Waals surface area contributed by atoms with E-state index >= 15 is 0 Å². The molecule has 2 heterocycles. The molecule has 0 aliphatic rings. The summed E-state index contributed by atoms with van der Waals surface area (Å²) < 4.78 is 30.7. The molecular formula is C26H25ClN4O4S. The molecule has 36 heavy (non-hydrogen) atoms. The molecule has 0 spiro atoms. The Labute approximate surface area is 214 Å². The third kappa shape index (κ3) is 5.92. The Kier molecular flexibility index (Phi) is 7.71. The Morgan fingerprint density at radius 1 is 1.08 bits per heavy atom. The van der Waals surface area contributed by atoms with Crippen molar-refractivity contribution in [3.63, 3.8) is 0 Å². The van der Waals surface area contributed by atoms with E-state index in [0.29, 0.717) is 28.7 Å². The highest BCUT2D eigenvalue weighted by Crippen LogP contribution is 2.26. The highest BCUT2D eigenvalue weighted by atomic mass is 35.5. The van der Waals surface area contributed by atoms with E-state index in [1.807, 2.05) is 48.2 Å². The minimum atomic E-state index is -3.75. The molecule has 8 nitrogen and oxygen atoms in total. The summed E-state index contributed by atoms with van der Waals surface area (Å²) in [6, 6.07) is 18.2. The van der Waals surface area contributed by atoms with Crippen molar-refractivity contribution in [2.45, 2.75) is 32.1 Å². The van der Waals surface area contributed by atoms with Crippen LogP contribution in [-0.2, 0) is 22.9 Å². The van der Waals surface area contributed by atoms with Gasteiger partial charge in [0.1, 0.15) is 5.76 Å². The van der Waals surface area contributed by atoms with Gasteiger partial charge in [-0.1, -0.05) is 48.9 Å². The van der Waals surface area contributed by atoms with Gasteiger partial charge in [-0.25, -0.2) is 18.4 Å². The lowest BCUT2D eigenvalue weighted by Crippen LogP contribution is -2.28. The molecule has 0 bridgehead atoms. The first-order chi connectivity index (χ1) is 17.3. The van der Waals surface area contributed by atoms with E-state index in [1.54, 1.807) is 30.5 Å². The van der Waals surface area contributed by atoms with Crippen LogP contribution in [0.1, 0.15) is 34.3 Å². The van der Waals surface area contributed by atoms with E-state index in [2.05, 4.69) is 15.3 Å². The van der Waals surface area contributed by atoms with Crippen molar-refractivity contribution in [1.82, 2.24) is 9.97 Å². The van der Waals surface area contributed by atoms with Crippen molar-refractivity contribution < 1.29 is 17.6 Å². The molecule has 1 N–H and O–H groups in total. The van der Waals surface area contributed by atoms with Gasteiger partial charge >= 0.3 is 0 Å².